The summed E-state index contributed by atoms with van der Waals surface area (Å²) in [6, 6.07) is 9.65. The van der Waals surface area contributed by atoms with Crippen LogP contribution >= 0.6 is 0 Å². The first-order valence-electron chi connectivity index (χ1n) is 8.53. The first-order chi connectivity index (χ1) is 10.2. The predicted octanol–water partition coefficient (Wildman–Crippen LogP) is 3.11. The molecular formula is C18H31N3. The molecule has 0 saturated carbocycles. The van der Waals surface area contributed by atoms with E-state index in [0.717, 1.165) is 26.2 Å². The molecule has 1 atom stereocenters. The van der Waals surface area contributed by atoms with E-state index in [4.69, 9.17) is 0 Å². The van der Waals surface area contributed by atoms with E-state index in [9.17, 15) is 0 Å². The van der Waals surface area contributed by atoms with Crippen molar-refractivity contribution in [3.63, 3.8) is 0 Å². The van der Waals surface area contributed by atoms with Gasteiger partial charge in [-0.3, -0.25) is 4.90 Å². The lowest BCUT2D eigenvalue weighted by molar-refractivity contribution is 0.251. The SMILES string of the molecule is CCN(CC)c1ccc(CNCC(C)N2CCCC2)cc1. The molecule has 1 N–H and O–H groups in total. The third-order valence-corrected chi connectivity index (χ3v) is 4.60. The smallest absolute Gasteiger partial charge is 0.0366 e. The van der Waals surface area contributed by atoms with Gasteiger partial charge in [-0.1, -0.05) is 12.1 Å². The molecule has 1 unspecified atom stereocenters. The topological polar surface area (TPSA) is 18.5 Å². The lowest BCUT2D eigenvalue weighted by Crippen LogP contribution is -2.38. The maximum atomic E-state index is 3.60. The number of nitrogens with zero attached hydrogens (tertiary/aromatic N) is 2. The van der Waals surface area contributed by atoms with Crippen molar-refractivity contribution in [3.8, 4) is 0 Å². The Bertz CT molecular complexity index is 391. The molecule has 1 aromatic carbocycles. The van der Waals surface area contributed by atoms with Crippen LogP contribution < -0.4 is 10.2 Å². The molecule has 0 bridgehead atoms. The highest BCUT2D eigenvalue weighted by molar-refractivity contribution is 5.47. The van der Waals surface area contributed by atoms with Crippen LogP contribution in [0.3, 0.4) is 0 Å². The summed E-state index contributed by atoms with van der Waals surface area (Å²) in [5.74, 6) is 0. The highest BCUT2D eigenvalue weighted by atomic mass is 15.2. The maximum absolute atomic E-state index is 3.60. The molecule has 3 nitrogen and oxygen atoms in total. The van der Waals surface area contributed by atoms with E-state index >= 15 is 0 Å². The Kier molecular flexibility index (Phi) is 6.52. The van der Waals surface area contributed by atoms with Gasteiger partial charge in [0.25, 0.3) is 0 Å². The Morgan fingerprint density at radius 2 is 1.71 bits per heavy atom. The van der Waals surface area contributed by atoms with Gasteiger partial charge in [0.15, 0.2) is 0 Å². The van der Waals surface area contributed by atoms with Crippen LogP contribution in [0, 0.1) is 0 Å². The minimum absolute atomic E-state index is 0.655. The molecule has 0 spiro atoms. The molecule has 0 aromatic heterocycles. The molecule has 0 aliphatic carbocycles. The van der Waals surface area contributed by atoms with Crippen LogP contribution in [0.2, 0.25) is 0 Å². The van der Waals surface area contributed by atoms with Crippen molar-refractivity contribution in [2.75, 3.05) is 37.6 Å². The van der Waals surface area contributed by atoms with E-state index in [0.29, 0.717) is 6.04 Å². The van der Waals surface area contributed by atoms with Crippen molar-refractivity contribution in [3.05, 3.63) is 29.8 Å². The number of benzene rings is 1. The molecule has 0 radical (unpaired) electrons. The molecule has 21 heavy (non-hydrogen) atoms. The van der Waals surface area contributed by atoms with Gasteiger partial charge in [0.05, 0.1) is 0 Å². The summed E-state index contributed by atoms with van der Waals surface area (Å²) in [5.41, 5.74) is 2.70. The van der Waals surface area contributed by atoms with Crippen molar-refractivity contribution < 1.29 is 0 Å². The van der Waals surface area contributed by atoms with E-state index in [-0.39, 0.29) is 0 Å². The van der Waals surface area contributed by atoms with Crippen LogP contribution in [-0.2, 0) is 6.54 Å². The number of hydrogen-bond acceptors (Lipinski definition) is 3. The number of anilines is 1. The summed E-state index contributed by atoms with van der Waals surface area (Å²) in [6.45, 7) is 13.5. The van der Waals surface area contributed by atoms with Crippen LogP contribution in [0.5, 0.6) is 0 Å². The van der Waals surface area contributed by atoms with Crippen LogP contribution in [0.15, 0.2) is 24.3 Å². The van der Waals surface area contributed by atoms with Crippen molar-refractivity contribution in [1.82, 2.24) is 10.2 Å². The van der Waals surface area contributed by atoms with Crippen molar-refractivity contribution in [1.29, 1.82) is 0 Å². The van der Waals surface area contributed by atoms with E-state index in [1.54, 1.807) is 0 Å². The van der Waals surface area contributed by atoms with Crippen molar-refractivity contribution >= 4 is 5.69 Å². The fourth-order valence-corrected chi connectivity index (χ4v) is 3.15. The molecule has 1 heterocycles. The summed E-state index contributed by atoms with van der Waals surface area (Å²) in [4.78, 5) is 4.98. The standard InChI is InChI=1S/C18H31N3/c1-4-20(5-2)18-10-8-17(9-11-18)15-19-14-16(3)21-12-6-7-13-21/h8-11,16,19H,4-7,12-15H2,1-3H3. The minimum atomic E-state index is 0.655. The predicted molar refractivity (Wildman–Crippen MR) is 92.0 cm³/mol. The number of hydrogen-bond donors (Lipinski definition) is 1. The summed E-state index contributed by atoms with van der Waals surface area (Å²) < 4.78 is 0. The first kappa shape index (κ1) is 16.3. The third-order valence-electron chi connectivity index (χ3n) is 4.60. The number of nitrogens with one attached hydrogen (secondary N) is 1. The molecule has 118 valence electrons. The third kappa shape index (κ3) is 4.72. The van der Waals surface area contributed by atoms with Gasteiger partial charge in [0.1, 0.15) is 0 Å². The number of rotatable bonds is 8. The van der Waals surface area contributed by atoms with E-state index in [1.165, 1.54) is 37.2 Å². The Hall–Kier alpha value is -1.06. The van der Waals surface area contributed by atoms with Gasteiger partial charge in [0.2, 0.25) is 0 Å². The lowest BCUT2D eigenvalue weighted by Gasteiger charge is -2.24. The van der Waals surface area contributed by atoms with Crippen molar-refractivity contribution in [2.45, 2.75) is 46.2 Å². The second kappa shape index (κ2) is 8.40. The molecular weight excluding hydrogens is 258 g/mol. The average molecular weight is 289 g/mol. The highest BCUT2D eigenvalue weighted by Crippen LogP contribution is 2.15. The molecule has 1 aromatic rings. The normalized spacial score (nSPS) is 17.1. The summed E-state index contributed by atoms with van der Waals surface area (Å²) >= 11 is 0. The van der Waals surface area contributed by atoms with E-state index in [2.05, 4.69) is 60.2 Å². The Morgan fingerprint density at radius 3 is 2.29 bits per heavy atom. The summed E-state index contributed by atoms with van der Waals surface area (Å²) in [7, 11) is 0. The quantitative estimate of drug-likeness (QED) is 0.793. The van der Waals surface area contributed by atoms with Crippen LogP contribution in [-0.4, -0.2) is 43.7 Å². The lowest BCUT2D eigenvalue weighted by atomic mass is 10.2. The van der Waals surface area contributed by atoms with Gasteiger partial charge in [0, 0.05) is 37.9 Å². The summed E-state index contributed by atoms with van der Waals surface area (Å²) in [6.07, 6.45) is 2.74. The molecule has 1 saturated heterocycles. The van der Waals surface area contributed by atoms with E-state index < -0.39 is 0 Å². The van der Waals surface area contributed by atoms with Crippen LogP contribution in [0.1, 0.15) is 39.2 Å². The van der Waals surface area contributed by atoms with Gasteiger partial charge < -0.3 is 10.2 Å². The fourth-order valence-electron chi connectivity index (χ4n) is 3.15. The average Bonchev–Trinajstić information content (AvgIpc) is 3.04. The van der Waals surface area contributed by atoms with Crippen molar-refractivity contribution in [2.24, 2.45) is 0 Å². The Labute approximate surface area is 130 Å². The summed E-state index contributed by atoms with van der Waals surface area (Å²) in [5, 5.41) is 3.60. The largest absolute Gasteiger partial charge is 0.372 e. The van der Waals surface area contributed by atoms with Gasteiger partial charge in [-0.15, -0.1) is 0 Å². The number of likely N-dealkylation sites (tertiary alicyclic amines) is 1. The van der Waals surface area contributed by atoms with E-state index in [1.807, 2.05) is 0 Å². The van der Waals surface area contributed by atoms with Gasteiger partial charge >= 0.3 is 0 Å². The maximum Gasteiger partial charge on any atom is 0.0366 e. The molecule has 1 aliphatic heterocycles. The van der Waals surface area contributed by atoms with Gasteiger partial charge in [-0.05, 0) is 64.4 Å². The zero-order chi connectivity index (χ0) is 15.1. The molecule has 3 heteroatoms. The van der Waals surface area contributed by atoms with Crippen LogP contribution in [0.25, 0.3) is 0 Å². The highest BCUT2D eigenvalue weighted by Gasteiger charge is 2.17. The second-order valence-corrected chi connectivity index (χ2v) is 6.06. The minimum Gasteiger partial charge on any atom is -0.372 e. The zero-order valence-corrected chi connectivity index (χ0v) is 13.9. The van der Waals surface area contributed by atoms with Crippen LogP contribution in [0.4, 0.5) is 5.69 Å². The zero-order valence-electron chi connectivity index (χ0n) is 13.9. The molecule has 2 rings (SSSR count). The monoisotopic (exact) mass is 289 g/mol. The Balaban J connectivity index is 1.75. The molecule has 0 amide bonds. The Morgan fingerprint density at radius 1 is 1.10 bits per heavy atom. The molecule has 1 aliphatic rings. The second-order valence-electron chi connectivity index (χ2n) is 6.06. The van der Waals surface area contributed by atoms with Gasteiger partial charge in [-0.2, -0.15) is 0 Å². The molecule has 1 fully saturated rings. The first-order valence-corrected chi connectivity index (χ1v) is 8.53. The van der Waals surface area contributed by atoms with Gasteiger partial charge in [-0.25, -0.2) is 0 Å². The fraction of sp³-hybridized carbons (Fsp3) is 0.667.